The van der Waals surface area contributed by atoms with Crippen molar-refractivity contribution in [1.29, 1.82) is 0 Å². The minimum atomic E-state index is -1.15. The van der Waals surface area contributed by atoms with Gasteiger partial charge in [-0.3, -0.25) is 9.59 Å². The van der Waals surface area contributed by atoms with E-state index < -0.39 is 24.1 Å². The Morgan fingerprint density at radius 3 is 2.55 bits per heavy atom. The van der Waals surface area contributed by atoms with Gasteiger partial charge in [0, 0.05) is 49.4 Å². The van der Waals surface area contributed by atoms with E-state index in [0.717, 1.165) is 12.1 Å². The summed E-state index contributed by atoms with van der Waals surface area (Å²) in [6, 6.07) is 7.32. The maximum absolute atomic E-state index is 12.7. The summed E-state index contributed by atoms with van der Waals surface area (Å²) in [7, 11) is 0. The minimum absolute atomic E-state index is 0.0130. The lowest BCUT2D eigenvalue weighted by atomic mass is 10.1. The molecule has 2 N–H and O–H groups in total. The average Bonchev–Trinajstić information content (AvgIpc) is 3.49. The molecule has 2 saturated heterocycles. The third-order valence-electron chi connectivity index (χ3n) is 5.20. The molecule has 0 aromatic heterocycles. The SMILES string of the molecule is CCCC(CC(=O)N1CCN(c2cccc(Cl)c2)CC1)NC(=O)C1OC1C(=O)O. The molecule has 2 aliphatic heterocycles. The Hall–Kier alpha value is -2.32. The van der Waals surface area contributed by atoms with Crippen LogP contribution in [0.4, 0.5) is 5.69 Å². The van der Waals surface area contributed by atoms with E-state index in [1.165, 1.54) is 0 Å². The molecule has 0 aliphatic carbocycles. The summed E-state index contributed by atoms with van der Waals surface area (Å²) in [5.41, 5.74) is 1.04. The number of nitrogens with zero attached hydrogens (tertiary/aromatic N) is 2. The lowest BCUT2D eigenvalue weighted by molar-refractivity contribution is -0.138. The quantitative estimate of drug-likeness (QED) is 0.614. The van der Waals surface area contributed by atoms with Gasteiger partial charge >= 0.3 is 5.97 Å². The predicted molar refractivity (Wildman–Crippen MR) is 108 cm³/mol. The number of amides is 2. The van der Waals surface area contributed by atoms with Crippen molar-refractivity contribution in [1.82, 2.24) is 10.2 Å². The molecule has 2 aliphatic rings. The predicted octanol–water partition coefficient (Wildman–Crippen LogP) is 1.52. The highest BCUT2D eigenvalue weighted by atomic mass is 35.5. The number of rotatable bonds is 8. The second kappa shape index (κ2) is 9.45. The monoisotopic (exact) mass is 423 g/mol. The molecule has 0 spiro atoms. The fourth-order valence-corrected chi connectivity index (χ4v) is 3.77. The molecule has 3 unspecified atom stereocenters. The number of halogens is 1. The van der Waals surface area contributed by atoms with E-state index in [-0.39, 0.29) is 18.4 Å². The number of ether oxygens (including phenoxy) is 1. The zero-order valence-electron chi connectivity index (χ0n) is 16.3. The Bertz CT molecular complexity index is 766. The Morgan fingerprint density at radius 1 is 1.24 bits per heavy atom. The number of carboxylic acid groups (broad SMARTS) is 1. The highest BCUT2D eigenvalue weighted by molar-refractivity contribution is 6.30. The number of aliphatic carboxylic acids is 1. The van der Waals surface area contributed by atoms with Crippen molar-refractivity contribution in [3.63, 3.8) is 0 Å². The lowest BCUT2D eigenvalue weighted by Crippen LogP contribution is -2.50. The molecule has 1 aromatic carbocycles. The van der Waals surface area contributed by atoms with Crippen LogP contribution in [0, 0.1) is 0 Å². The number of carboxylic acids is 1. The topological polar surface area (TPSA) is 102 Å². The first kappa shape index (κ1) is 21.4. The molecule has 29 heavy (non-hydrogen) atoms. The van der Waals surface area contributed by atoms with Crippen molar-refractivity contribution in [2.24, 2.45) is 0 Å². The summed E-state index contributed by atoms with van der Waals surface area (Å²) in [5, 5.41) is 12.3. The van der Waals surface area contributed by atoms with Crippen LogP contribution in [-0.4, -0.2) is 72.2 Å². The van der Waals surface area contributed by atoms with Crippen LogP contribution >= 0.6 is 11.6 Å². The first-order valence-corrected chi connectivity index (χ1v) is 10.2. The number of benzene rings is 1. The molecule has 1 aromatic rings. The van der Waals surface area contributed by atoms with Crippen LogP contribution in [0.2, 0.25) is 5.02 Å². The zero-order valence-corrected chi connectivity index (χ0v) is 17.1. The van der Waals surface area contributed by atoms with E-state index >= 15 is 0 Å². The third kappa shape index (κ3) is 5.61. The van der Waals surface area contributed by atoms with Gasteiger partial charge in [-0.1, -0.05) is 31.0 Å². The maximum Gasteiger partial charge on any atom is 0.336 e. The summed E-state index contributed by atoms with van der Waals surface area (Å²) in [6.07, 6.45) is -0.393. The number of epoxide rings is 1. The Labute approximate surface area is 174 Å². The van der Waals surface area contributed by atoms with Gasteiger partial charge in [0.1, 0.15) is 0 Å². The van der Waals surface area contributed by atoms with Gasteiger partial charge < -0.3 is 25.0 Å². The molecule has 0 radical (unpaired) electrons. The molecule has 0 saturated carbocycles. The van der Waals surface area contributed by atoms with Crippen molar-refractivity contribution >= 4 is 35.1 Å². The molecule has 3 atom stereocenters. The summed E-state index contributed by atoms with van der Waals surface area (Å²) in [5.74, 6) is -1.62. The fraction of sp³-hybridized carbons (Fsp3) is 0.550. The molecular weight excluding hydrogens is 398 g/mol. The normalized spacial score (nSPS) is 22.1. The van der Waals surface area contributed by atoms with Crippen molar-refractivity contribution in [2.45, 2.75) is 44.4 Å². The van der Waals surface area contributed by atoms with E-state index in [9.17, 15) is 14.4 Å². The van der Waals surface area contributed by atoms with Gasteiger partial charge in [0.15, 0.2) is 12.2 Å². The summed E-state index contributed by atoms with van der Waals surface area (Å²) in [6.45, 7) is 4.61. The highest BCUT2D eigenvalue weighted by Crippen LogP contribution is 2.23. The van der Waals surface area contributed by atoms with Crippen LogP contribution in [0.1, 0.15) is 26.2 Å². The third-order valence-corrected chi connectivity index (χ3v) is 5.44. The second-order valence-corrected chi connectivity index (χ2v) is 7.80. The first-order valence-electron chi connectivity index (χ1n) is 9.86. The van der Waals surface area contributed by atoms with Crippen LogP contribution in [0.15, 0.2) is 24.3 Å². The summed E-state index contributed by atoms with van der Waals surface area (Å²) in [4.78, 5) is 39.7. The minimum Gasteiger partial charge on any atom is -0.479 e. The first-order chi connectivity index (χ1) is 13.9. The standard InChI is InChI=1S/C20H26ClN3O5/c1-2-4-14(22-19(26)17-18(29-17)20(27)28)12-16(25)24-9-7-23(8-10-24)15-6-3-5-13(21)11-15/h3,5-6,11,14,17-18H,2,4,7-10,12H2,1H3,(H,22,26)(H,27,28). The average molecular weight is 424 g/mol. The van der Waals surface area contributed by atoms with Gasteiger partial charge in [-0.15, -0.1) is 0 Å². The largest absolute Gasteiger partial charge is 0.479 e. The van der Waals surface area contributed by atoms with Crippen molar-refractivity contribution in [3.05, 3.63) is 29.3 Å². The maximum atomic E-state index is 12.7. The van der Waals surface area contributed by atoms with Gasteiger partial charge in [-0.05, 0) is 24.6 Å². The number of hydrogen-bond donors (Lipinski definition) is 2. The smallest absolute Gasteiger partial charge is 0.336 e. The molecule has 2 amide bonds. The molecule has 8 nitrogen and oxygen atoms in total. The van der Waals surface area contributed by atoms with Gasteiger partial charge in [-0.25, -0.2) is 4.79 Å². The van der Waals surface area contributed by atoms with Crippen molar-refractivity contribution in [2.75, 3.05) is 31.1 Å². The van der Waals surface area contributed by atoms with E-state index in [1.807, 2.05) is 36.1 Å². The summed E-state index contributed by atoms with van der Waals surface area (Å²) < 4.78 is 4.88. The van der Waals surface area contributed by atoms with E-state index in [1.54, 1.807) is 0 Å². The van der Waals surface area contributed by atoms with Crippen molar-refractivity contribution < 1.29 is 24.2 Å². The molecule has 3 rings (SSSR count). The zero-order chi connectivity index (χ0) is 21.0. The number of nitrogens with one attached hydrogen (secondary N) is 1. The van der Waals surface area contributed by atoms with Crippen LogP contribution in [0.5, 0.6) is 0 Å². The second-order valence-electron chi connectivity index (χ2n) is 7.36. The number of carbonyl (C=O) groups excluding carboxylic acids is 2. The van der Waals surface area contributed by atoms with Gasteiger partial charge in [-0.2, -0.15) is 0 Å². The van der Waals surface area contributed by atoms with Gasteiger partial charge in [0.2, 0.25) is 5.91 Å². The molecule has 9 heteroatoms. The van der Waals surface area contributed by atoms with E-state index in [2.05, 4.69) is 10.2 Å². The van der Waals surface area contributed by atoms with Crippen LogP contribution in [0.3, 0.4) is 0 Å². The Balaban J connectivity index is 1.49. The Kier molecular flexibility index (Phi) is 6.97. The number of carbonyl (C=O) groups is 3. The highest BCUT2D eigenvalue weighted by Gasteiger charge is 2.51. The molecule has 0 bridgehead atoms. The number of anilines is 1. The van der Waals surface area contributed by atoms with Crippen LogP contribution in [-0.2, 0) is 19.1 Å². The number of hydrogen-bond acceptors (Lipinski definition) is 5. The number of piperazine rings is 1. The van der Waals surface area contributed by atoms with Gasteiger partial charge in [0.25, 0.3) is 5.91 Å². The van der Waals surface area contributed by atoms with Crippen molar-refractivity contribution in [3.8, 4) is 0 Å². The van der Waals surface area contributed by atoms with Crippen LogP contribution in [0.25, 0.3) is 0 Å². The fourth-order valence-electron chi connectivity index (χ4n) is 3.58. The molecule has 2 fully saturated rings. The van der Waals surface area contributed by atoms with E-state index in [0.29, 0.717) is 37.6 Å². The molecule has 158 valence electrons. The van der Waals surface area contributed by atoms with Gasteiger partial charge in [0.05, 0.1) is 0 Å². The molecule has 2 heterocycles. The van der Waals surface area contributed by atoms with E-state index in [4.69, 9.17) is 21.4 Å². The van der Waals surface area contributed by atoms with Crippen LogP contribution < -0.4 is 10.2 Å². The Morgan fingerprint density at radius 2 is 1.97 bits per heavy atom. The molecular formula is C20H26ClN3O5. The summed E-state index contributed by atoms with van der Waals surface area (Å²) >= 11 is 6.06. The lowest BCUT2D eigenvalue weighted by Gasteiger charge is -2.36.